The third-order valence-electron chi connectivity index (χ3n) is 3.51. The average Bonchev–Trinajstić information content (AvgIpc) is 2.46. The molecule has 1 aromatic carbocycles. The summed E-state index contributed by atoms with van der Waals surface area (Å²) in [6, 6.07) is 8.42. The summed E-state index contributed by atoms with van der Waals surface area (Å²) in [5.74, 6) is -1.18. The van der Waals surface area contributed by atoms with Gasteiger partial charge in [-0.2, -0.15) is 13.2 Å². The number of aliphatic hydroxyl groups is 1. The van der Waals surface area contributed by atoms with Crippen molar-refractivity contribution < 1.29 is 27.8 Å². The highest BCUT2D eigenvalue weighted by molar-refractivity contribution is 6.08. The van der Waals surface area contributed by atoms with E-state index in [2.05, 4.69) is 4.74 Å². The summed E-state index contributed by atoms with van der Waals surface area (Å²) in [4.78, 5) is 12.0. The summed E-state index contributed by atoms with van der Waals surface area (Å²) in [6.45, 7) is 0. The van der Waals surface area contributed by atoms with Gasteiger partial charge in [0.15, 0.2) is 5.78 Å². The number of hydrogen-bond acceptors (Lipinski definition) is 3. The molecule has 0 radical (unpaired) electrons. The lowest BCUT2D eigenvalue weighted by Crippen LogP contribution is -2.54. The third-order valence-corrected chi connectivity index (χ3v) is 3.51. The van der Waals surface area contributed by atoms with Gasteiger partial charge in [-0.05, 0) is 22.8 Å². The van der Waals surface area contributed by atoms with E-state index in [4.69, 9.17) is 0 Å². The molecule has 1 N–H and O–H groups in total. The molecule has 0 heterocycles. The van der Waals surface area contributed by atoms with Crippen LogP contribution < -0.4 is 0 Å². The van der Waals surface area contributed by atoms with Gasteiger partial charge in [0.25, 0.3) is 0 Å². The molecular formula is C15H13F3O3. The number of ketones is 1. The van der Waals surface area contributed by atoms with Gasteiger partial charge in [-0.3, -0.25) is 4.79 Å². The van der Waals surface area contributed by atoms with E-state index in [0.29, 0.717) is 11.8 Å². The zero-order valence-electron chi connectivity index (χ0n) is 11.1. The molecule has 1 aliphatic rings. The minimum atomic E-state index is -4.87. The molecule has 0 spiro atoms. The molecule has 0 saturated carbocycles. The maximum atomic E-state index is 13.2. The Hall–Kier alpha value is -2.08. The fourth-order valence-corrected chi connectivity index (χ4v) is 2.32. The van der Waals surface area contributed by atoms with Crippen molar-refractivity contribution in [3.8, 4) is 0 Å². The molecule has 6 heteroatoms. The molecule has 1 unspecified atom stereocenters. The van der Waals surface area contributed by atoms with E-state index < -0.39 is 24.0 Å². The van der Waals surface area contributed by atoms with Crippen molar-refractivity contribution >= 4 is 11.4 Å². The number of allylic oxidation sites excluding steroid dienone is 1. The Labute approximate surface area is 119 Å². The number of alkyl halides is 3. The normalized spacial score (nSPS) is 25.0. The summed E-state index contributed by atoms with van der Waals surface area (Å²) in [5, 5.41) is 9.27. The zero-order valence-corrected chi connectivity index (χ0v) is 11.1. The van der Waals surface area contributed by atoms with Crippen LogP contribution in [0.15, 0.2) is 48.2 Å². The van der Waals surface area contributed by atoms with Crippen LogP contribution in [0.4, 0.5) is 13.2 Å². The molecule has 1 atom stereocenters. The highest BCUT2D eigenvalue weighted by atomic mass is 19.4. The molecule has 0 fully saturated rings. The van der Waals surface area contributed by atoms with Crippen molar-refractivity contribution in [2.75, 3.05) is 7.11 Å². The lowest BCUT2D eigenvalue weighted by molar-refractivity contribution is -0.256. The number of benzene rings is 1. The van der Waals surface area contributed by atoms with Crippen LogP contribution in [0.5, 0.6) is 0 Å². The minimum absolute atomic E-state index is 0.0000231. The molecule has 0 saturated heterocycles. The molecule has 1 aromatic rings. The zero-order chi connectivity index (χ0) is 15.7. The van der Waals surface area contributed by atoms with Crippen LogP contribution in [0.1, 0.15) is 12.0 Å². The Kier molecular flexibility index (Phi) is 3.91. The first-order valence-electron chi connectivity index (χ1n) is 6.13. The van der Waals surface area contributed by atoms with E-state index in [1.807, 2.05) is 0 Å². The number of rotatable bonds is 2. The van der Waals surface area contributed by atoms with Crippen molar-refractivity contribution in [3.05, 3.63) is 53.8 Å². The van der Waals surface area contributed by atoms with Crippen LogP contribution in [0.3, 0.4) is 0 Å². The molecule has 0 aromatic heterocycles. The van der Waals surface area contributed by atoms with Gasteiger partial charge in [0, 0.05) is 13.5 Å². The van der Waals surface area contributed by atoms with E-state index in [0.717, 1.165) is 13.2 Å². The second kappa shape index (κ2) is 5.37. The van der Waals surface area contributed by atoms with Crippen LogP contribution in [0.25, 0.3) is 5.57 Å². The third kappa shape index (κ3) is 2.47. The number of ether oxygens (including phenoxy) is 1. The van der Waals surface area contributed by atoms with Gasteiger partial charge in [-0.15, -0.1) is 0 Å². The number of carbonyl (C=O) groups excluding carboxylic acids is 1. The van der Waals surface area contributed by atoms with Crippen LogP contribution in [0.2, 0.25) is 0 Å². The highest BCUT2D eigenvalue weighted by Gasteiger charge is 2.62. The van der Waals surface area contributed by atoms with Crippen molar-refractivity contribution in [2.45, 2.75) is 18.2 Å². The molecule has 1 aliphatic carbocycles. The predicted octanol–water partition coefficient (Wildman–Crippen LogP) is 3.43. The van der Waals surface area contributed by atoms with Gasteiger partial charge in [0.2, 0.25) is 5.60 Å². The Morgan fingerprint density at radius 2 is 1.90 bits per heavy atom. The van der Waals surface area contributed by atoms with Gasteiger partial charge in [0.05, 0.1) is 6.26 Å². The van der Waals surface area contributed by atoms with Crippen molar-refractivity contribution in [3.63, 3.8) is 0 Å². The molecule has 3 nitrogen and oxygen atoms in total. The Morgan fingerprint density at radius 1 is 1.29 bits per heavy atom. The quantitative estimate of drug-likeness (QED) is 0.851. The van der Waals surface area contributed by atoms with Gasteiger partial charge < -0.3 is 9.84 Å². The first-order valence-corrected chi connectivity index (χ1v) is 6.13. The van der Waals surface area contributed by atoms with E-state index >= 15 is 0 Å². The van der Waals surface area contributed by atoms with E-state index in [1.54, 1.807) is 30.3 Å². The largest absolute Gasteiger partial charge is 0.515 e. The number of methoxy groups -OCH3 is 1. The fraction of sp³-hybridized carbons (Fsp3) is 0.267. The lowest BCUT2D eigenvalue weighted by Gasteiger charge is -2.36. The monoisotopic (exact) mass is 298 g/mol. The van der Waals surface area contributed by atoms with Crippen molar-refractivity contribution in [1.82, 2.24) is 0 Å². The van der Waals surface area contributed by atoms with Crippen LogP contribution in [-0.2, 0) is 9.53 Å². The number of aliphatic hydroxyl groups excluding tert-OH is 1. The summed E-state index contributed by atoms with van der Waals surface area (Å²) < 4.78 is 44.1. The minimum Gasteiger partial charge on any atom is -0.515 e. The first kappa shape index (κ1) is 15.3. The second-order valence-electron chi connectivity index (χ2n) is 4.65. The highest BCUT2D eigenvalue weighted by Crippen LogP contribution is 2.45. The summed E-state index contributed by atoms with van der Waals surface area (Å²) >= 11 is 0. The van der Waals surface area contributed by atoms with Gasteiger partial charge >= 0.3 is 6.18 Å². The molecule has 0 amide bonds. The topological polar surface area (TPSA) is 46.5 Å². The van der Waals surface area contributed by atoms with Crippen LogP contribution in [-0.4, -0.2) is 29.8 Å². The molecule has 21 heavy (non-hydrogen) atoms. The fourth-order valence-electron chi connectivity index (χ4n) is 2.32. The van der Waals surface area contributed by atoms with Gasteiger partial charge in [-0.1, -0.05) is 30.3 Å². The van der Waals surface area contributed by atoms with Gasteiger partial charge in [0.1, 0.15) is 0 Å². The van der Waals surface area contributed by atoms with Crippen molar-refractivity contribution in [2.24, 2.45) is 0 Å². The number of hydrogen-bond donors (Lipinski definition) is 1. The molecule has 0 aliphatic heterocycles. The summed E-state index contributed by atoms with van der Waals surface area (Å²) in [7, 11) is 0.835. The smallest absolute Gasteiger partial charge is 0.425 e. The maximum absolute atomic E-state index is 13.2. The van der Waals surface area contributed by atoms with E-state index in [1.165, 1.54) is 0 Å². The predicted molar refractivity (Wildman–Crippen MR) is 70.5 cm³/mol. The van der Waals surface area contributed by atoms with Crippen LogP contribution in [0, 0.1) is 0 Å². The molecule has 0 bridgehead atoms. The lowest BCUT2D eigenvalue weighted by atomic mass is 9.78. The average molecular weight is 298 g/mol. The van der Waals surface area contributed by atoms with Gasteiger partial charge in [-0.25, -0.2) is 0 Å². The van der Waals surface area contributed by atoms with E-state index in [-0.39, 0.29) is 11.1 Å². The number of carbonyl (C=O) groups is 1. The van der Waals surface area contributed by atoms with Crippen molar-refractivity contribution in [1.29, 1.82) is 0 Å². The molecular weight excluding hydrogens is 285 g/mol. The second-order valence-corrected chi connectivity index (χ2v) is 4.65. The summed E-state index contributed by atoms with van der Waals surface area (Å²) in [5.41, 5.74) is -2.13. The molecule has 112 valence electrons. The first-order chi connectivity index (χ1) is 9.85. The summed E-state index contributed by atoms with van der Waals surface area (Å²) in [6.07, 6.45) is -4.17. The standard InChI is InChI=1S/C15H13F3O3/c1-21-14(15(16,17)18)8-11(9-19)12(7-13(14)20)10-5-3-2-4-6-10/h2-7,9,19H,8H2,1H3. The van der Waals surface area contributed by atoms with Crippen LogP contribution >= 0.6 is 0 Å². The number of halogens is 3. The van der Waals surface area contributed by atoms with E-state index in [9.17, 15) is 23.1 Å². The maximum Gasteiger partial charge on any atom is 0.425 e. The Balaban J connectivity index is 2.56. The SMILES string of the molecule is COC1(C(F)(F)F)CC(=CO)C(c2ccccc2)=CC1=O. The Morgan fingerprint density at radius 3 is 2.38 bits per heavy atom. The molecule has 2 rings (SSSR count). The Bertz CT molecular complexity index is 602.